The molecule has 1 aliphatic heterocycles. The molecule has 2 rings (SSSR count). The maximum Gasteiger partial charge on any atom is 0.340 e. The Hall–Kier alpha value is -1.82. The van der Waals surface area contributed by atoms with E-state index in [-0.39, 0.29) is 18.0 Å². The average Bonchev–Trinajstić information content (AvgIpc) is 2.80. The minimum atomic E-state index is -0.374. The Labute approximate surface area is 137 Å². The SMILES string of the molecule is CCN1CCN(C(=O)c2[nH]c(C)c(C(=O)OC(C)C)c2C)CC1. The summed E-state index contributed by atoms with van der Waals surface area (Å²) >= 11 is 0. The molecule has 1 fully saturated rings. The van der Waals surface area contributed by atoms with Gasteiger partial charge in [0.15, 0.2) is 0 Å². The smallest absolute Gasteiger partial charge is 0.340 e. The quantitative estimate of drug-likeness (QED) is 0.861. The van der Waals surface area contributed by atoms with Crippen LogP contribution < -0.4 is 0 Å². The normalized spacial score (nSPS) is 16.0. The van der Waals surface area contributed by atoms with Gasteiger partial charge in [0.25, 0.3) is 5.91 Å². The molecule has 2 heterocycles. The van der Waals surface area contributed by atoms with Gasteiger partial charge in [-0.15, -0.1) is 0 Å². The number of aromatic amines is 1. The number of ether oxygens (including phenoxy) is 1. The molecule has 1 saturated heterocycles. The van der Waals surface area contributed by atoms with Crippen LogP contribution in [0.25, 0.3) is 0 Å². The standard InChI is InChI=1S/C17H27N3O3/c1-6-19-7-9-20(10-8-19)16(21)15-12(4)14(13(5)18-15)17(22)23-11(2)3/h11,18H,6-10H2,1-5H3. The number of H-pyrrole nitrogens is 1. The minimum absolute atomic E-state index is 0.0371. The van der Waals surface area contributed by atoms with Gasteiger partial charge in [-0.3, -0.25) is 4.79 Å². The summed E-state index contributed by atoms with van der Waals surface area (Å²) in [6.07, 6.45) is -0.183. The maximum atomic E-state index is 12.7. The molecule has 1 aromatic heterocycles. The van der Waals surface area contributed by atoms with Crippen LogP contribution in [0.4, 0.5) is 0 Å². The highest BCUT2D eigenvalue weighted by atomic mass is 16.5. The molecule has 1 amide bonds. The van der Waals surface area contributed by atoms with Gasteiger partial charge in [0, 0.05) is 31.9 Å². The van der Waals surface area contributed by atoms with E-state index >= 15 is 0 Å². The van der Waals surface area contributed by atoms with Crippen LogP contribution in [0.3, 0.4) is 0 Å². The number of nitrogens with zero attached hydrogens (tertiary/aromatic N) is 2. The third kappa shape index (κ3) is 3.75. The van der Waals surface area contributed by atoms with Gasteiger partial charge in [0.1, 0.15) is 5.69 Å². The molecular formula is C17H27N3O3. The Morgan fingerprint density at radius 2 is 1.78 bits per heavy atom. The molecule has 0 radical (unpaired) electrons. The second-order valence-corrected chi connectivity index (χ2v) is 6.31. The van der Waals surface area contributed by atoms with Gasteiger partial charge in [-0.1, -0.05) is 6.92 Å². The monoisotopic (exact) mass is 321 g/mol. The summed E-state index contributed by atoms with van der Waals surface area (Å²) in [5, 5.41) is 0. The molecule has 0 aliphatic carbocycles. The van der Waals surface area contributed by atoms with Gasteiger partial charge in [-0.05, 0) is 39.8 Å². The molecule has 1 N–H and O–H groups in total. The summed E-state index contributed by atoms with van der Waals surface area (Å²) in [5.74, 6) is -0.411. The number of likely N-dealkylation sites (N-methyl/N-ethyl adjacent to an activating group) is 1. The first kappa shape index (κ1) is 17.5. The van der Waals surface area contributed by atoms with E-state index in [4.69, 9.17) is 4.74 Å². The van der Waals surface area contributed by atoms with Crippen molar-refractivity contribution in [3.8, 4) is 0 Å². The molecular weight excluding hydrogens is 294 g/mol. The van der Waals surface area contributed by atoms with Crippen molar-refractivity contribution < 1.29 is 14.3 Å². The first-order chi connectivity index (χ1) is 10.8. The number of amides is 1. The predicted octanol–water partition coefficient (Wildman–Crippen LogP) is 1.97. The van der Waals surface area contributed by atoms with Crippen molar-refractivity contribution >= 4 is 11.9 Å². The van der Waals surface area contributed by atoms with Gasteiger partial charge in [0.2, 0.25) is 0 Å². The molecule has 0 bridgehead atoms. The van der Waals surface area contributed by atoms with Gasteiger partial charge in [0.05, 0.1) is 11.7 Å². The molecule has 0 aromatic carbocycles. The third-order valence-corrected chi connectivity index (χ3v) is 4.30. The topological polar surface area (TPSA) is 65.6 Å². The summed E-state index contributed by atoms with van der Waals surface area (Å²) < 4.78 is 5.27. The third-order valence-electron chi connectivity index (χ3n) is 4.30. The molecule has 0 unspecified atom stereocenters. The molecule has 6 nitrogen and oxygen atoms in total. The van der Waals surface area contributed by atoms with Crippen LogP contribution in [0.2, 0.25) is 0 Å². The van der Waals surface area contributed by atoms with Gasteiger partial charge in [-0.25, -0.2) is 4.79 Å². The fraction of sp³-hybridized carbons (Fsp3) is 0.647. The van der Waals surface area contributed by atoms with Crippen molar-refractivity contribution in [3.05, 3.63) is 22.5 Å². The Morgan fingerprint density at radius 3 is 2.30 bits per heavy atom. The van der Waals surface area contributed by atoms with E-state index in [0.717, 1.165) is 32.7 Å². The van der Waals surface area contributed by atoms with Gasteiger partial charge in [-0.2, -0.15) is 0 Å². The highest BCUT2D eigenvalue weighted by molar-refractivity contribution is 6.00. The molecule has 128 valence electrons. The lowest BCUT2D eigenvalue weighted by Gasteiger charge is -2.33. The summed E-state index contributed by atoms with van der Waals surface area (Å²) in [5.41, 5.74) is 2.34. The number of rotatable bonds is 4. The largest absolute Gasteiger partial charge is 0.459 e. The van der Waals surface area contributed by atoms with Crippen LogP contribution in [0.5, 0.6) is 0 Å². The highest BCUT2D eigenvalue weighted by Gasteiger charge is 2.28. The molecule has 0 atom stereocenters. The predicted molar refractivity (Wildman–Crippen MR) is 88.8 cm³/mol. The zero-order valence-corrected chi connectivity index (χ0v) is 14.7. The van der Waals surface area contributed by atoms with Crippen LogP contribution in [-0.4, -0.2) is 65.5 Å². The molecule has 0 spiro atoms. The molecule has 1 aliphatic rings. The molecule has 6 heteroatoms. The van der Waals surface area contributed by atoms with E-state index in [1.165, 1.54) is 0 Å². The second kappa shape index (κ2) is 7.17. The van der Waals surface area contributed by atoms with Crippen molar-refractivity contribution in [2.75, 3.05) is 32.7 Å². The Bertz CT molecular complexity index is 584. The fourth-order valence-corrected chi connectivity index (χ4v) is 2.97. The number of hydrogen-bond donors (Lipinski definition) is 1. The van der Waals surface area contributed by atoms with E-state index < -0.39 is 0 Å². The number of nitrogens with one attached hydrogen (secondary N) is 1. The van der Waals surface area contributed by atoms with Crippen molar-refractivity contribution in [1.29, 1.82) is 0 Å². The Kier molecular flexibility index (Phi) is 5.46. The number of esters is 1. The molecule has 1 aromatic rings. The molecule has 0 saturated carbocycles. The lowest BCUT2D eigenvalue weighted by molar-refractivity contribution is 0.0376. The van der Waals surface area contributed by atoms with E-state index in [2.05, 4.69) is 16.8 Å². The lowest BCUT2D eigenvalue weighted by Crippen LogP contribution is -2.48. The number of hydrogen-bond acceptors (Lipinski definition) is 4. The summed E-state index contributed by atoms with van der Waals surface area (Å²) in [7, 11) is 0. The maximum absolute atomic E-state index is 12.7. The number of carbonyl (C=O) groups excluding carboxylic acids is 2. The Morgan fingerprint density at radius 1 is 1.17 bits per heavy atom. The van der Waals surface area contributed by atoms with Crippen molar-refractivity contribution in [1.82, 2.24) is 14.8 Å². The number of carbonyl (C=O) groups is 2. The highest BCUT2D eigenvalue weighted by Crippen LogP contribution is 2.21. The van der Waals surface area contributed by atoms with E-state index in [1.807, 2.05) is 18.7 Å². The second-order valence-electron chi connectivity index (χ2n) is 6.31. The average molecular weight is 321 g/mol. The van der Waals surface area contributed by atoms with E-state index in [1.54, 1.807) is 13.8 Å². The van der Waals surface area contributed by atoms with E-state index in [0.29, 0.717) is 22.5 Å². The summed E-state index contributed by atoms with van der Waals surface area (Å²) in [4.78, 5) is 32.2. The zero-order valence-electron chi connectivity index (χ0n) is 14.7. The zero-order chi connectivity index (χ0) is 17.1. The number of aromatic nitrogens is 1. The lowest BCUT2D eigenvalue weighted by atomic mass is 10.1. The molecule has 23 heavy (non-hydrogen) atoms. The number of piperazine rings is 1. The van der Waals surface area contributed by atoms with Crippen molar-refractivity contribution in [2.24, 2.45) is 0 Å². The van der Waals surface area contributed by atoms with Crippen molar-refractivity contribution in [2.45, 2.75) is 40.7 Å². The van der Waals surface area contributed by atoms with Crippen LogP contribution in [0.1, 0.15) is 52.9 Å². The first-order valence-electron chi connectivity index (χ1n) is 8.26. The van der Waals surface area contributed by atoms with Crippen LogP contribution in [-0.2, 0) is 4.74 Å². The van der Waals surface area contributed by atoms with Crippen LogP contribution in [0.15, 0.2) is 0 Å². The fourth-order valence-electron chi connectivity index (χ4n) is 2.97. The van der Waals surface area contributed by atoms with Gasteiger partial charge >= 0.3 is 5.97 Å². The minimum Gasteiger partial charge on any atom is -0.459 e. The van der Waals surface area contributed by atoms with E-state index in [9.17, 15) is 9.59 Å². The van der Waals surface area contributed by atoms with Crippen LogP contribution in [0, 0.1) is 13.8 Å². The van der Waals surface area contributed by atoms with Gasteiger partial charge < -0.3 is 19.5 Å². The summed E-state index contributed by atoms with van der Waals surface area (Å²) in [6.45, 7) is 13.6. The van der Waals surface area contributed by atoms with Crippen LogP contribution >= 0.6 is 0 Å². The Balaban J connectivity index is 2.17. The van der Waals surface area contributed by atoms with Crippen molar-refractivity contribution in [3.63, 3.8) is 0 Å². The first-order valence-corrected chi connectivity index (χ1v) is 8.26. The number of aryl methyl sites for hydroxylation is 1. The summed E-state index contributed by atoms with van der Waals surface area (Å²) in [6, 6.07) is 0.